The highest BCUT2D eigenvalue weighted by atomic mass is 16.3. The quantitative estimate of drug-likeness (QED) is 0.834. The molecule has 1 saturated heterocycles. The van der Waals surface area contributed by atoms with E-state index in [0.717, 1.165) is 31.2 Å². The lowest BCUT2D eigenvalue weighted by molar-refractivity contribution is 0.150. The number of likely N-dealkylation sites (tertiary alicyclic amines) is 1. The molecule has 1 aromatic heterocycles. The molecule has 2 heterocycles. The van der Waals surface area contributed by atoms with Gasteiger partial charge in [-0.15, -0.1) is 10.2 Å². The molecule has 0 spiro atoms. The SMILES string of the molecule is Cn1c(CN2CCCC2CO)nnc1C1CC1. The van der Waals surface area contributed by atoms with Gasteiger partial charge in [-0.2, -0.15) is 0 Å². The van der Waals surface area contributed by atoms with Crippen LogP contribution in [0.5, 0.6) is 0 Å². The maximum Gasteiger partial charge on any atom is 0.146 e. The largest absolute Gasteiger partial charge is 0.395 e. The fourth-order valence-corrected chi connectivity index (χ4v) is 2.70. The topological polar surface area (TPSA) is 54.2 Å². The Morgan fingerprint density at radius 2 is 2.12 bits per heavy atom. The maximum absolute atomic E-state index is 9.30. The van der Waals surface area contributed by atoms with Gasteiger partial charge in [0, 0.05) is 19.0 Å². The molecule has 1 aliphatic carbocycles. The molecule has 1 atom stereocenters. The molecule has 1 unspecified atom stereocenters. The van der Waals surface area contributed by atoms with Gasteiger partial charge in [-0.25, -0.2) is 0 Å². The smallest absolute Gasteiger partial charge is 0.146 e. The van der Waals surface area contributed by atoms with Gasteiger partial charge < -0.3 is 9.67 Å². The highest BCUT2D eigenvalue weighted by Crippen LogP contribution is 2.38. The zero-order chi connectivity index (χ0) is 11.8. The monoisotopic (exact) mass is 236 g/mol. The van der Waals surface area contributed by atoms with E-state index < -0.39 is 0 Å². The first-order valence-corrected chi connectivity index (χ1v) is 6.52. The second kappa shape index (κ2) is 4.38. The molecule has 1 aliphatic heterocycles. The fourth-order valence-electron chi connectivity index (χ4n) is 2.70. The van der Waals surface area contributed by atoms with Crippen molar-refractivity contribution in [3.05, 3.63) is 11.6 Å². The summed E-state index contributed by atoms with van der Waals surface area (Å²) in [5.41, 5.74) is 0. The van der Waals surface area contributed by atoms with Crippen molar-refractivity contribution in [2.24, 2.45) is 7.05 Å². The average molecular weight is 236 g/mol. The molecule has 0 amide bonds. The molecule has 1 aromatic rings. The molecule has 2 aliphatic rings. The second-order valence-electron chi connectivity index (χ2n) is 5.26. The Balaban J connectivity index is 1.71. The van der Waals surface area contributed by atoms with E-state index in [9.17, 15) is 5.11 Å². The third kappa shape index (κ3) is 2.09. The first kappa shape index (κ1) is 11.2. The summed E-state index contributed by atoms with van der Waals surface area (Å²) in [7, 11) is 2.06. The minimum absolute atomic E-state index is 0.257. The van der Waals surface area contributed by atoms with Crippen LogP contribution < -0.4 is 0 Å². The van der Waals surface area contributed by atoms with Crippen molar-refractivity contribution in [2.75, 3.05) is 13.2 Å². The summed E-state index contributed by atoms with van der Waals surface area (Å²) in [6.07, 6.45) is 4.80. The number of rotatable bonds is 4. The summed E-state index contributed by atoms with van der Waals surface area (Å²) in [6.45, 7) is 2.14. The Morgan fingerprint density at radius 3 is 2.82 bits per heavy atom. The molecule has 0 radical (unpaired) electrons. The summed E-state index contributed by atoms with van der Waals surface area (Å²) in [6, 6.07) is 0.316. The van der Waals surface area contributed by atoms with Gasteiger partial charge in [-0.3, -0.25) is 4.90 Å². The Kier molecular flexibility index (Phi) is 2.88. The van der Waals surface area contributed by atoms with E-state index in [-0.39, 0.29) is 6.61 Å². The van der Waals surface area contributed by atoms with E-state index in [0.29, 0.717) is 12.0 Å². The van der Waals surface area contributed by atoms with E-state index in [2.05, 4.69) is 26.7 Å². The van der Waals surface area contributed by atoms with Gasteiger partial charge in [0.05, 0.1) is 13.2 Å². The summed E-state index contributed by atoms with van der Waals surface area (Å²) >= 11 is 0. The molecule has 3 rings (SSSR count). The molecular formula is C12H20N4O. The maximum atomic E-state index is 9.30. The molecule has 0 aromatic carbocycles. The molecular weight excluding hydrogens is 216 g/mol. The first-order valence-electron chi connectivity index (χ1n) is 6.52. The number of hydrogen-bond acceptors (Lipinski definition) is 4. The average Bonchev–Trinajstić information content (AvgIpc) is 2.97. The third-order valence-electron chi connectivity index (χ3n) is 4.00. The number of aliphatic hydroxyl groups is 1. The third-order valence-corrected chi connectivity index (χ3v) is 4.00. The summed E-state index contributed by atoms with van der Waals surface area (Å²) in [4.78, 5) is 2.32. The van der Waals surface area contributed by atoms with Crippen molar-refractivity contribution in [3.8, 4) is 0 Å². The van der Waals surface area contributed by atoms with E-state index in [1.54, 1.807) is 0 Å². The lowest BCUT2D eigenvalue weighted by atomic mass is 10.2. The number of aromatic nitrogens is 3. The van der Waals surface area contributed by atoms with Crippen LogP contribution in [0.4, 0.5) is 0 Å². The standard InChI is InChI=1S/C12H20N4O/c1-15-11(13-14-12(15)9-4-5-9)7-16-6-2-3-10(16)8-17/h9-10,17H,2-8H2,1H3. The highest BCUT2D eigenvalue weighted by molar-refractivity contribution is 5.08. The predicted octanol–water partition coefficient (Wildman–Crippen LogP) is 0.649. The first-order chi connectivity index (χ1) is 8.29. The molecule has 94 valence electrons. The predicted molar refractivity (Wildman–Crippen MR) is 63.5 cm³/mol. The van der Waals surface area contributed by atoms with Crippen molar-refractivity contribution in [1.29, 1.82) is 0 Å². The molecule has 5 heteroatoms. The van der Waals surface area contributed by atoms with Gasteiger partial charge in [0.25, 0.3) is 0 Å². The molecule has 0 bridgehead atoms. The zero-order valence-electron chi connectivity index (χ0n) is 10.3. The van der Waals surface area contributed by atoms with Crippen LogP contribution >= 0.6 is 0 Å². The van der Waals surface area contributed by atoms with E-state index in [1.165, 1.54) is 19.3 Å². The van der Waals surface area contributed by atoms with Crippen LogP contribution in [-0.4, -0.2) is 44.0 Å². The van der Waals surface area contributed by atoms with Gasteiger partial charge in [0.1, 0.15) is 11.6 Å². The number of nitrogens with zero attached hydrogens (tertiary/aromatic N) is 4. The van der Waals surface area contributed by atoms with Crippen molar-refractivity contribution >= 4 is 0 Å². The van der Waals surface area contributed by atoms with Gasteiger partial charge in [-0.1, -0.05) is 0 Å². The molecule has 17 heavy (non-hydrogen) atoms. The Hall–Kier alpha value is -0.940. The minimum Gasteiger partial charge on any atom is -0.395 e. The lowest BCUT2D eigenvalue weighted by Gasteiger charge is -2.21. The van der Waals surface area contributed by atoms with E-state index in [4.69, 9.17) is 0 Å². The van der Waals surface area contributed by atoms with Gasteiger partial charge in [-0.05, 0) is 32.2 Å². The van der Waals surface area contributed by atoms with Crippen molar-refractivity contribution in [1.82, 2.24) is 19.7 Å². The Morgan fingerprint density at radius 1 is 1.29 bits per heavy atom. The van der Waals surface area contributed by atoms with Crippen LogP contribution in [0.15, 0.2) is 0 Å². The summed E-state index contributed by atoms with van der Waals surface area (Å²) < 4.78 is 2.14. The minimum atomic E-state index is 0.257. The summed E-state index contributed by atoms with van der Waals surface area (Å²) in [5.74, 6) is 2.82. The zero-order valence-corrected chi connectivity index (χ0v) is 10.3. The molecule has 1 N–H and O–H groups in total. The van der Waals surface area contributed by atoms with Crippen molar-refractivity contribution in [3.63, 3.8) is 0 Å². The molecule has 1 saturated carbocycles. The Labute approximate surface area is 101 Å². The van der Waals surface area contributed by atoms with Crippen LogP contribution in [0.2, 0.25) is 0 Å². The van der Waals surface area contributed by atoms with Crippen LogP contribution in [0.25, 0.3) is 0 Å². The van der Waals surface area contributed by atoms with Crippen molar-refractivity contribution in [2.45, 2.75) is 44.2 Å². The number of aliphatic hydroxyl groups excluding tert-OH is 1. The van der Waals surface area contributed by atoms with Crippen LogP contribution in [-0.2, 0) is 13.6 Å². The van der Waals surface area contributed by atoms with Gasteiger partial charge in [0.15, 0.2) is 0 Å². The molecule has 5 nitrogen and oxygen atoms in total. The second-order valence-corrected chi connectivity index (χ2v) is 5.26. The van der Waals surface area contributed by atoms with Crippen LogP contribution in [0.1, 0.15) is 43.3 Å². The lowest BCUT2D eigenvalue weighted by Crippen LogP contribution is -2.32. The van der Waals surface area contributed by atoms with Gasteiger partial charge in [0.2, 0.25) is 0 Å². The number of hydrogen-bond donors (Lipinski definition) is 1. The van der Waals surface area contributed by atoms with Crippen LogP contribution in [0.3, 0.4) is 0 Å². The van der Waals surface area contributed by atoms with Gasteiger partial charge >= 0.3 is 0 Å². The Bertz CT molecular complexity index is 399. The molecule has 2 fully saturated rings. The van der Waals surface area contributed by atoms with Crippen LogP contribution in [0, 0.1) is 0 Å². The summed E-state index contributed by atoms with van der Waals surface area (Å²) in [5, 5.41) is 17.9. The van der Waals surface area contributed by atoms with E-state index >= 15 is 0 Å². The highest BCUT2D eigenvalue weighted by Gasteiger charge is 2.30. The normalized spacial score (nSPS) is 25.6. The van der Waals surface area contributed by atoms with E-state index in [1.807, 2.05) is 0 Å². The fraction of sp³-hybridized carbons (Fsp3) is 0.833. The van der Waals surface area contributed by atoms with Crippen molar-refractivity contribution < 1.29 is 5.11 Å².